The molecule has 3 nitrogen and oxygen atoms in total. The molecule has 0 spiro atoms. The lowest BCUT2D eigenvalue weighted by Crippen LogP contribution is -2.53. The second-order valence-corrected chi connectivity index (χ2v) is 4.81. The summed E-state index contributed by atoms with van der Waals surface area (Å²) in [5.41, 5.74) is 1.26. The number of carbonyl (C=O) groups is 1. The van der Waals surface area contributed by atoms with Gasteiger partial charge in [-0.3, -0.25) is 4.79 Å². The first kappa shape index (κ1) is 12.1. The maximum absolute atomic E-state index is 11.4. The van der Waals surface area contributed by atoms with Crippen LogP contribution in [0.1, 0.15) is 37.3 Å². The van der Waals surface area contributed by atoms with Crippen molar-refractivity contribution in [2.75, 3.05) is 13.2 Å². The zero-order chi connectivity index (χ0) is 12.5. The van der Waals surface area contributed by atoms with Crippen molar-refractivity contribution >= 4 is 5.97 Å². The Morgan fingerprint density at radius 1 is 1.53 bits per heavy atom. The predicted octanol–water partition coefficient (Wildman–Crippen LogP) is 2.55. The first-order valence-electron chi connectivity index (χ1n) is 6.01. The zero-order valence-corrected chi connectivity index (χ0v) is 10.3. The average molecular weight is 234 g/mol. The molecule has 0 aromatic heterocycles. The Labute approximate surface area is 101 Å². The standard InChI is InChI=1S/C14H18O3/c1-3-10(2)11-5-4-6-12(7-11)14(13(15)16)8-17-9-14/h4-7,10H,3,8-9H2,1-2H3,(H,15,16). The monoisotopic (exact) mass is 234 g/mol. The molecule has 1 saturated heterocycles. The molecule has 0 radical (unpaired) electrons. The summed E-state index contributed by atoms with van der Waals surface area (Å²) in [6.07, 6.45) is 1.06. The van der Waals surface area contributed by atoms with E-state index < -0.39 is 11.4 Å². The van der Waals surface area contributed by atoms with Crippen LogP contribution in [-0.4, -0.2) is 24.3 Å². The maximum Gasteiger partial charge on any atom is 0.318 e. The minimum absolute atomic E-state index is 0.284. The number of aliphatic carboxylic acids is 1. The Morgan fingerprint density at radius 3 is 2.71 bits per heavy atom. The van der Waals surface area contributed by atoms with Gasteiger partial charge < -0.3 is 9.84 Å². The van der Waals surface area contributed by atoms with E-state index in [1.165, 1.54) is 5.56 Å². The van der Waals surface area contributed by atoms with Gasteiger partial charge in [-0.05, 0) is 23.5 Å². The van der Waals surface area contributed by atoms with Crippen molar-refractivity contribution in [1.29, 1.82) is 0 Å². The van der Waals surface area contributed by atoms with Gasteiger partial charge in [0.15, 0.2) is 0 Å². The van der Waals surface area contributed by atoms with E-state index in [4.69, 9.17) is 4.74 Å². The summed E-state index contributed by atoms with van der Waals surface area (Å²) >= 11 is 0. The molecule has 92 valence electrons. The third-order valence-electron chi connectivity index (χ3n) is 3.73. The van der Waals surface area contributed by atoms with E-state index in [0.29, 0.717) is 5.92 Å². The van der Waals surface area contributed by atoms with Crippen LogP contribution in [0, 0.1) is 0 Å². The third kappa shape index (κ3) is 1.95. The summed E-state index contributed by atoms with van der Waals surface area (Å²) in [5.74, 6) is -0.327. The van der Waals surface area contributed by atoms with Crippen LogP contribution in [0.4, 0.5) is 0 Å². The molecular formula is C14H18O3. The SMILES string of the molecule is CCC(C)c1cccc(C2(C(=O)O)COC2)c1. The molecule has 3 heteroatoms. The van der Waals surface area contributed by atoms with E-state index >= 15 is 0 Å². The maximum atomic E-state index is 11.4. The van der Waals surface area contributed by atoms with Crippen LogP contribution in [0.15, 0.2) is 24.3 Å². The molecule has 1 aromatic rings. The number of ether oxygens (including phenoxy) is 1. The molecule has 0 bridgehead atoms. The lowest BCUT2D eigenvalue weighted by molar-refractivity contribution is -0.163. The lowest BCUT2D eigenvalue weighted by atomic mass is 9.77. The fourth-order valence-corrected chi connectivity index (χ4v) is 2.10. The smallest absolute Gasteiger partial charge is 0.318 e. The largest absolute Gasteiger partial charge is 0.480 e. The van der Waals surface area contributed by atoms with Crippen molar-refractivity contribution in [3.63, 3.8) is 0 Å². The minimum Gasteiger partial charge on any atom is -0.480 e. The van der Waals surface area contributed by atoms with Crippen molar-refractivity contribution in [3.8, 4) is 0 Å². The third-order valence-corrected chi connectivity index (χ3v) is 3.73. The summed E-state index contributed by atoms with van der Waals surface area (Å²) in [7, 11) is 0. The van der Waals surface area contributed by atoms with Crippen molar-refractivity contribution in [3.05, 3.63) is 35.4 Å². The van der Waals surface area contributed by atoms with Gasteiger partial charge in [0.25, 0.3) is 0 Å². The molecule has 1 aliphatic heterocycles. The van der Waals surface area contributed by atoms with Gasteiger partial charge in [-0.2, -0.15) is 0 Å². The molecule has 1 heterocycles. The van der Waals surface area contributed by atoms with Crippen LogP contribution in [0.3, 0.4) is 0 Å². The molecular weight excluding hydrogens is 216 g/mol. The van der Waals surface area contributed by atoms with E-state index in [2.05, 4.69) is 19.9 Å². The number of carboxylic acid groups (broad SMARTS) is 1. The van der Waals surface area contributed by atoms with Gasteiger partial charge >= 0.3 is 5.97 Å². The highest BCUT2D eigenvalue weighted by Crippen LogP contribution is 2.34. The van der Waals surface area contributed by atoms with Crippen LogP contribution >= 0.6 is 0 Å². The Bertz CT molecular complexity index is 421. The molecule has 1 aliphatic rings. The summed E-state index contributed by atoms with van der Waals surface area (Å²) in [6.45, 7) is 4.86. The molecule has 0 amide bonds. The fourth-order valence-electron chi connectivity index (χ4n) is 2.10. The molecule has 1 aromatic carbocycles. The molecule has 1 unspecified atom stereocenters. The molecule has 1 atom stereocenters. The second-order valence-electron chi connectivity index (χ2n) is 4.81. The van der Waals surface area contributed by atoms with E-state index in [1.807, 2.05) is 18.2 Å². The van der Waals surface area contributed by atoms with Crippen LogP contribution in [-0.2, 0) is 14.9 Å². The highest BCUT2D eigenvalue weighted by Gasteiger charge is 2.47. The van der Waals surface area contributed by atoms with Crippen molar-refractivity contribution in [2.45, 2.75) is 31.6 Å². The number of hydrogen-bond acceptors (Lipinski definition) is 2. The first-order valence-corrected chi connectivity index (χ1v) is 6.01. The number of benzene rings is 1. The van der Waals surface area contributed by atoms with Crippen LogP contribution in [0.5, 0.6) is 0 Å². The Balaban J connectivity index is 2.36. The predicted molar refractivity (Wildman–Crippen MR) is 65.3 cm³/mol. The average Bonchev–Trinajstić information content (AvgIpc) is 2.26. The molecule has 0 aliphatic carbocycles. The molecule has 1 fully saturated rings. The lowest BCUT2D eigenvalue weighted by Gasteiger charge is -2.38. The molecule has 0 saturated carbocycles. The van der Waals surface area contributed by atoms with Gasteiger partial charge in [0.05, 0.1) is 13.2 Å². The number of hydrogen-bond donors (Lipinski definition) is 1. The molecule has 2 rings (SSSR count). The van der Waals surface area contributed by atoms with E-state index in [-0.39, 0.29) is 13.2 Å². The van der Waals surface area contributed by atoms with Gasteiger partial charge in [0.1, 0.15) is 5.41 Å². The van der Waals surface area contributed by atoms with E-state index in [1.54, 1.807) is 0 Å². The van der Waals surface area contributed by atoms with Gasteiger partial charge in [-0.25, -0.2) is 0 Å². The first-order chi connectivity index (χ1) is 8.10. The van der Waals surface area contributed by atoms with Gasteiger partial charge in [0.2, 0.25) is 0 Å². The van der Waals surface area contributed by atoms with Crippen LogP contribution in [0.25, 0.3) is 0 Å². The summed E-state index contributed by atoms with van der Waals surface area (Å²) < 4.78 is 5.10. The highest BCUT2D eigenvalue weighted by molar-refractivity contribution is 5.83. The van der Waals surface area contributed by atoms with Crippen LogP contribution in [0.2, 0.25) is 0 Å². The number of rotatable bonds is 4. The topological polar surface area (TPSA) is 46.5 Å². The van der Waals surface area contributed by atoms with Gasteiger partial charge in [-0.15, -0.1) is 0 Å². The van der Waals surface area contributed by atoms with E-state index in [0.717, 1.165) is 12.0 Å². The van der Waals surface area contributed by atoms with E-state index in [9.17, 15) is 9.90 Å². The number of carboxylic acids is 1. The van der Waals surface area contributed by atoms with Crippen molar-refractivity contribution in [2.24, 2.45) is 0 Å². The Morgan fingerprint density at radius 2 is 2.24 bits per heavy atom. The van der Waals surface area contributed by atoms with Crippen LogP contribution < -0.4 is 0 Å². The van der Waals surface area contributed by atoms with Gasteiger partial charge in [-0.1, -0.05) is 38.1 Å². The quantitative estimate of drug-likeness (QED) is 0.870. The Hall–Kier alpha value is -1.35. The molecule has 17 heavy (non-hydrogen) atoms. The second kappa shape index (κ2) is 4.49. The normalized spacial score (nSPS) is 19.4. The summed E-state index contributed by atoms with van der Waals surface area (Å²) in [6, 6.07) is 7.92. The fraction of sp³-hybridized carbons (Fsp3) is 0.500. The zero-order valence-electron chi connectivity index (χ0n) is 10.3. The van der Waals surface area contributed by atoms with Crippen molar-refractivity contribution in [1.82, 2.24) is 0 Å². The summed E-state index contributed by atoms with van der Waals surface area (Å²) in [4.78, 5) is 11.4. The summed E-state index contributed by atoms with van der Waals surface area (Å²) in [5, 5.41) is 9.34. The minimum atomic E-state index is -0.816. The Kier molecular flexibility index (Phi) is 3.20. The van der Waals surface area contributed by atoms with Crippen molar-refractivity contribution < 1.29 is 14.6 Å². The molecule has 1 N–H and O–H groups in total. The highest BCUT2D eigenvalue weighted by atomic mass is 16.5. The van der Waals surface area contributed by atoms with Gasteiger partial charge in [0, 0.05) is 0 Å².